The Hall–Kier alpha value is -4.39. The summed E-state index contributed by atoms with van der Waals surface area (Å²) in [4.78, 5) is 22.7. The van der Waals surface area contributed by atoms with Crippen LogP contribution in [0.3, 0.4) is 0 Å². The van der Waals surface area contributed by atoms with E-state index >= 15 is 0 Å². The summed E-state index contributed by atoms with van der Waals surface area (Å²) in [6, 6.07) is 27.6. The summed E-state index contributed by atoms with van der Waals surface area (Å²) in [5, 5.41) is 8.41. The van der Waals surface area contributed by atoms with Gasteiger partial charge in [-0.2, -0.15) is 5.10 Å². The molecule has 0 saturated heterocycles. The number of aliphatic imine (C=N–C) groups is 1. The highest BCUT2D eigenvalue weighted by Gasteiger charge is 2.49. The van der Waals surface area contributed by atoms with Crippen LogP contribution in [0.4, 0.5) is 17.3 Å². The van der Waals surface area contributed by atoms with Gasteiger partial charge in [0.15, 0.2) is 5.82 Å². The van der Waals surface area contributed by atoms with E-state index in [2.05, 4.69) is 65.7 Å². The summed E-state index contributed by atoms with van der Waals surface area (Å²) in [5.41, 5.74) is 6.28. The number of rotatable bonds is 5. The molecular formula is C31H30N6O. The number of nitrogens with one attached hydrogen (secondary N) is 1. The lowest BCUT2D eigenvalue weighted by Gasteiger charge is -2.35. The van der Waals surface area contributed by atoms with Crippen LogP contribution in [0, 0.1) is 6.92 Å². The quantitative estimate of drug-likeness (QED) is 0.373. The van der Waals surface area contributed by atoms with E-state index in [1.807, 2.05) is 42.1 Å². The van der Waals surface area contributed by atoms with E-state index in [1.165, 1.54) is 16.7 Å². The second kappa shape index (κ2) is 8.87. The molecule has 0 bridgehead atoms. The Morgan fingerprint density at radius 1 is 0.921 bits per heavy atom. The van der Waals surface area contributed by atoms with Gasteiger partial charge in [-0.3, -0.25) is 14.6 Å². The first kappa shape index (κ1) is 22.8. The van der Waals surface area contributed by atoms with Crippen molar-refractivity contribution in [3.63, 3.8) is 0 Å². The molecule has 1 aliphatic carbocycles. The molecule has 190 valence electrons. The number of nitrogens with zero attached hydrogens (tertiary/aromatic N) is 5. The zero-order valence-corrected chi connectivity index (χ0v) is 21.6. The van der Waals surface area contributed by atoms with Crippen molar-refractivity contribution in [3.8, 4) is 11.1 Å². The van der Waals surface area contributed by atoms with Crippen LogP contribution in [0.5, 0.6) is 0 Å². The van der Waals surface area contributed by atoms with Gasteiger partial charge in [-0.05, 0) is 55.0 Å². The normalized spacial score (nSPS) is 19.7. The molecule has 1 N–H and O–H groups in total. The highest BCUT2D eigenvalue weighted by molar-refractivity contribution is 6.21. The summed E-state index contributed by atoms with van der Waals surface area (Å²) in [6.45, 7) is 2.66. The molecule has 1 fully saturated rings. The third-order valence-electron chi connectivity index (χ3n) is 7.95. The summed E-state index contributed by atoms with van der Waals surface area (Å²) in [5.74, 6) is 2.11. The number of hydrogen-bond donors (Lipinski definition) is 1. The van der Waals surface area contributed by atoms with Crippen molar-refractivity contribution in [3.05, 3.63) is 95.6 Å². The van der Waals surface area contributed by atoms with Crippen LogP contribution in [-0.2, 0) is 6.54 Å². The predicted molar refractivity (Wildman–Crippen MR) is 151 cm³/mol. The topological polar surface area (TPSA) is 65.8 Å². The van der Waals surface area contributed by atoms with Crippen molar-refractivity contribution in [2.24, 2.45) is 4.99 Å². The Labute approximate surface area is 222 Å². The van der Waals surface area contributed by atoms with Crippen LogP contribution < -0.4 is 10.2 Å². The van der Waals surface area contributed by atoms with Crippen molar-refractivity contribution < 1.29 is 4.79 Å². The highest BCUT2D eigenvalue weighted by Crippen LogP contribution is 2.43. The Morgan fingerprint density at radius 3 is 2.37 bits per heavy atom. The fraction of sp³-hybridized carbons (Fsp3) is 0.258. The summed E-state index contributed by atoms with van der Waals surface area (Å²) < 4.78 is 1.99. The van der Waals surface area contributed by atoms with Crippen LogP contribution >= 0.6 is 0 Å². The summed E-state index contributed by atoms with van der Waals surface area (Å²) in [6.07, 6.45) is 3.28. The number of amides is 1. The van der Waals surface area contributed by atoms with E-state index in [0.717, 1.165) is 42.3 Å². The molecule has 2 atom stereocenters. The molecule has 2 aliphatic heterocycles. The first-order valence-electron chi connectivity index (χ1n) is 13.3. The van der Waals surface area contributed by atoms with Gasteiger partial charge in [0.25, 0.3) is 5.91 Å². The Kier molecular flexibility index (Phi) is 5.32. The summed E-state index contributed by atoms with van der Waals surface area (Å²) >= 11 is 0. The standard InChI is InChI=1S/C31H30N6O/c1-20-11-15-22(16-12-20)23-17-13-21(14-18-23)19-36-29-27(28(34-36)32-24-7-4-3-5-8-24)30(38)35(2)31-33-25-9-6-10-26(25)37(29)31/h3-5,7-8,11-18,25-26H,6,9-10,19H2,1-2H3,(H,32,34)/t25-,26+/m1/s1. The van der Waals surface area contributed by atoms with Gasteiger partial charge < -0.3 is 5.32 Å². The molecule has 4 aromatic rings. The lowest BCUT2D eigenvalue weighted by molar-refractivity contribution is 0.0865. The molecule has 7 rings (SSSR count). The van der Waals surface area contributed by atoms with Crippen molar-refractivity contribution >= 4 is 29.2 Å². The zero-order valence-electron chi connectivity index (χ0n) is 21.6. The first-order valence-corrected chi connectivity index (χ1v) is 13.3. The number of fused-ring (bicyclic) bond motifs is 5. The minimum absolute atomic E-state index is 0.0747. The average Bonchev–Trinajstić information content (AvgIpc) is 3.63. The largest absolute Gasteiger partial charge is 0.338 e. The van der Waals surface area contributed by atoms with E-state index in [-0.39, 0.29) is 18.0 Å². The van der Waals surface area contributed by atoms with E-state index < -0.39 is 0 Å². The van der Waals surface area contributed by atoms with E-state index in [1.54, 1.807) is 4.90 Å². The van der Waals surface area contributed by atoms with Crippen LogP contribution in [0.15, 0.2) is 83.9 Å². The number of carbonyl (C=O) groups excluding carboxylic acids is 1. The molecule has 1 aromatic heterocycles. The van der Waals surface area contributed by atoms with Gasteiger partial charge in [0.2, 0.25) is 5.96 Å². The molecule has 7 heteroatoms. The second-order valence-corrected chi connectivity index (χ2v) is 10.5. The lowest BCUT2D eigenvalue weighted by Crippen LogP contribution is -2.52. The SMILES string of the molecule is Cc1ccc(-c2ccc(Cn3nc(Nc4ccccc4)c4c3N3C(=N[C@@H]5CCC[C@@H]53)N(C)C4=O)cc2)cc1. The molecule has 0 unspecified atom stereocenters. The third-order valence-corrected chi connectivity index (χ3v) is 7.95. The third kappa shape index (κ3) is 3.69. The Balaban J connectivity index is 1.29. The monoisotopic (exact) mass is 502 g/mol. The zero-order chi connectivity index (χ0) is 25.8. The fourth-order valence-corrected chi connectivity index (χ4v) is 5.96. The fourth-order valence-electron chi connectivity index (χ4n) is 5.96. The second-order valence-electron chi connectivity index (χ2n) is 10.5. The number of para-hydroxylation sites is 1. The molecule has 0 spiro atoms. The smallest absolute Gasteiger partial charge is 0.267 e. The van der Waals surface area contributed by atoms with Crippen LogP contribution in [-0.4, -0.2) is 45.7 Å². The summed E-state index contributed by atoms with van der Waals surface area (Å²) in [7, 11) is 1.82. The van der Waals surface area contributed by atoms with Gasteiger partial charge >= 0.3 is 0 Å². The van der Waals surface area contributed by atoms with Crippen LogP contribution in [0.2, 0.25) is 0 Å². The number of benzene rings is 3. The number of aromatic nitrogens is 2. The lowest BCUT2D eigenvalue weighted by atomic mass is 10.0. The molecule has 3 aromatic carbocycles. The van der Waals surface area contributed by atoms with Crippen molar-refractivity contribution in [1.29, 1.82) is 0 Å². The maximum atomic E-state index is 13.7. The highest BCUT2D eigenvalue weighted by atomic mass is 16.2. The number of anilines is 3. The van der Waals surface area contributed by atoms with E-state index in [9.17, 15) is 4.79 Å². The molecule has 7 nitrogen and oxygen atoms in total. The minimum atomic E-state index is -0.0747. The maximum Gasteiger partial charge on any atom is 0.267 e. The maximum absolute atomic E-state index is 13.7. The number of aryl methyl sites for hydroxylation is 1. The van der Waals surface area contributed by atoms with Gasteiger partial charge in [-0.1, -0.05) is 72.3 Å². The Morgan fingerprint density at radius 2 is 1.63 bits per heavy atom. The average molecular weight is 503 g/mol. The van der Waals surface area contributed by atoms with Crippen LogP contribution in [0.25, 0.3) is 11.1 Å². The number of guanidine groups is 1. The van der Waals surface area contributed by atoms with Gasteiger partial charge in [0, 0.05) is 12.7 Å². The van der Waals surface area contributed by atoms with Crippen molar-refractivity contribution in [2.45, 2.75) is 44.8 Å². The molecule has 1 saturated carbocycles. The first-order chi connectivity index (χ1) is 18.6. The van der Waals surface area contributed by atoms with Crippen molar-refractivity contribution in [2.75, 3.05) is 17.3 Å². The predicted octanol–water partition coefficient (Wildman–Crippen LogP) is 5.83. The van der Waals surface area contributed by atoms with Crippen molar-refractivity contribution in [1.82, 2.24) is 14.7 Å². The minimum Gasteiger partial charge on any atom is -0.338 e. The van der Waals surface area contributed by atoms with Gasteiger partial charge in [-0.15, -0.1) is 0 Å². The number of hydrogen-bond acceptors (Lipinski definition) is 5. The molecule has 0 radical (unpaired) electrons. The molecular weight excluding hydrogens is 472 g/mol. The molecule has 3 heterocycles. The Bertz CT molecular complexity index is 1540. The van der Waals surface area contributed by atoms with Gasteiger partial charge in [0.1, 0.15) is 11.4 Å². The van der Waals surface area contributed by atoms with E-state index in [4.69, 9.17) is 10.1 Å². The van der Waals surface area contributed by atoms with Gasteiger partial charge in [-0.25, -0.2) is 9.67 Å². The number of carbonyl (C=O) groups is 1. The molecule has 1 amide bonds. The van der Waals surface area contributed by atoms with E-state index in [0.29, 0.717) is 17.9 Å². The molecule has 38 heavy (non-hydrogen) atoms. The molecule has 3 aliphatic rings. The van der Waals surface area contributed by atoms with Crippen LogP contribution in [0.1, 0.15) is 40.7 Å². The van der Waals surface area contributed by atoms with Gasteiger partial charge in [0.05, 0.1) is 18.6 Å².